The van der Waals surface area contributed by atoms with Gasteiger partial charge in [0.2, 0.25) is 10.0 Å². The molecule has 0 saturated carbocycles. The summed E-state index contributed by atoms with van der Waals surface area (Å²) in [4.78, 5) is 9.97. The molecule has 2 rings (SSSR count). The zero-order valence-corrected chi connectivity index (χ0v) is 13.2. The molecule has 1 aromatic carbocycles. The molecule has 0 bridgehead atoms. The number of nitro benzene ring substituents is 1. The average Bonchev–Trinajstić information content (AvgIpc) is 2.36. The highest BCUT2D eigenvalue weighted by molar-refractivity contribution is 7.89. The Labute approximate surface area is 128 Å². The second-order valence-corrected chi connectivity index (χ2v) is 7.48. The van der Waals surface area contributed by atoms with Crippen molar-refractivity contribution in [1.82, 2.24) is 9.62 Å². The van der Waals surface area contributed by atoms with Crippen molar-refractivity contribution in [3.05, 3.63) is 33.3 Å². The number of rotatable bonds is 3. The average molecular weight is 334 g/mol. The first-order valence-electron chi connectivity index (χ1n) is 6.42. The quantitative estimate of drug-likeness (QED) is 0.670. The zero-order chi connectivity index (χ0) is 15.8. The van der Waals surface area contributed by atoms with Crippen LogP contribution >= 0.6 is 11.6 Å². The molecule has 1 aromatic rings. The molecule has 0 aromatic heterocycles. The highest BCUT2D eigenvalue weighted by atomic mass is 35.5. The summed E-state index contributed by atoms with van der Waals surface area (Å²) in [5, 5.41) is 13.8. The first kappa shape index (κ1) is 16.2. The second kappa shape index (κ2) is 5.88. The van der Waals surface area contributed by atoms with Gasteiger partial charge in [-0.3, -0.25) is 10.1 Å². The van der Waals surface area contributed by atoms with Crippen LogP contribution < -0.4 is 5.32 Å². The molecule has 0 radical (unpaired) electrons. The lowest BCUT2D eigenvalue weighted by Crippen LogP contribution is -2.55. The van der Waals surface area contributed by atoms with E-state index < -0.39 is 14.9 Å². The molecule has 1 fully saturated rings. The van der Waals surface area contributed by atoms with Crippen molar-refractivity contribution in [2.75, 3.05) is 13.1 Å². The Morgan fingerprint density at radius 3 is 2.38 bits per heavy atom. The van der Waals surface area contributed by atoms with Crippen molar-refractivity contribution in [2.45, 2.75) is 30.8 Å². The van der Waals surface area contributed by atoms with Crippen molar-refractivity contribution in [3.8, 4) is 0 Å². The molecular weight excluding hydrogens is 318 g/mol. The molecule has 1 N–H and O–H groups in total. The smallest absolute Gasteiger partial charge is 0.271 e. The van der Waals surface area contributed by atoms with Crippen molar-refractivity contribution in [3.63, 3.8) is 0 Å². The molecule has 0 spiro atoms. The predicted octanol–water partition coefficient (Wildman–Crippen LogP) is 1.62. The number of halogens is 1. The molecule has 2 atom stereocenters. The highest BCUT2D eigenvalue weighted by Crippen LogP contribution is 2.29. The molecule has 2 unspecified atom stereocenters. The maximum absolute atomic E-state index is 12.6. The minimum atomic E-state index is -3.76. The first-order valence-corrected chi connectivity index (χ1v) is 8.23. The molecule has 1 saturated heterocycles. The molecule has 9 heteroatoms. The van der Waals surface area contributed by atoms with Gasteiger partial charge < -0.3 is 5.32 Å². The lowest BCUT2D eigenvalue weighted by molar-refractivity contribution is -0.384. The maximum Gasteiger partial charge on any atom is 0.271 e. The third-order valence-electron chi connectivity index (χ3n) is 3.27. The molecular formula is C12H16ClN3O4S. The number of piperazine rings is 1. The molecule has 1 aliphatic heterocycles. The zero-order valence-electron chi connectivity index (χ0n) is 11.6. The van der Waals surface area contributed by atoms with Crippen LogP contribution in [0.2, 0.25) is 5.02 Å². The fraction of sp³-hybridized carbons (Fsp3) is 0.500. The fourth-order valence-corrected chi connectivity index (χ4v) is 4.55. The number of sulfonamides is 1. The van der Waals surface area contributed by atoms with Crippen LogP contribution in [0.3, 0.4) is 0 Å². The standard InChI is InChI=1S/C12H16ClN3O4S/c1-8-6-15(7-9(2)14-8)21(19,20)12-4-3-10(16(17)18)5-11(12)13/h3-5,8-9,14H,6-7H2,1-2H3. The molecule has 7 nitrogen and oxygen atoms in total. The monoisotopic (exact) mass is 333 g/mol. The van der Waals surface area contributed by atoms with E-state index in [0.717, 1.165) is 12.1 Å². The van der Waals surface area contributed by atoms with Crippen LogP contribution in [0.15, 0.2) is 23.1 Å². The van der Waals surface area contributed by atoms with Crippen LogP contribution in [0.1, 0.15) is 13.8 Å². The van der Waals surface area contributed by atoms with Gasteiger partial charge in [-0.15, -0.1) is 0 Å². The summed E-state index contributed by atoms with van der Waals surface area (Å²) in [6.07, 6.45) is 0. The predicted molar refractivity (Wildman–Crippen MR) is 78.9 cm³/mol. The number of nitro groups is 1. The van der Waals surface area contributed by atoms with Crippen molar-refractivity contribution in [2.24, 2.45) is 0 Å². The number of benzene rings is 1. The van der Waals surface area contributed by atoms with E-state index in [4.69, 9.17) is 11.6 Å². The Kier molecular flexibility index (Phi) is 4.52. The Hall–Kier alpha value is -1.22. The van der Waals surface area contributed by atoms with E-state index in [1.165, 1.54) is 10.4 Å². The minimum Gasteiger partial charge on any atom is -0.309 e. The summed E-state index contributed by atoms with van der Waals surface area (Å²) in [6, 6.07) is 3.45. The van der Waals surface area contributed by atoms with Crippen molar-refractivity contribution >= 4 is 27.3 Å². The van der Waals surface area contributed by atoms with Gasteiger partial charge >= 0.3 is 0 Å². The molecule has 116 valence electrons. The largest absolute Gasteiger partial charge is 0.309 e. The number of non-ortho nitro benzene ring substituents is 1. The van der Waals surface area contributed by atoms with Gasteiger partial charge in [-0.2, -0.15) is 4.31 Å². The Balaban J connectivity index is 2.37. The van der Waals surface area contributed by atoms with Gasteiger partial charge in [-0.25, -0.2) is 8.42 Å². The summed E-state index contributed by atoms with van der Waals surface area (Å²) >= 11 is 5.92. The lowest BCUT2D eigenvalue weighted by Gasteiger charge is -2.35. The highest BCUT2D eigenvalue weighted by Gasteiger charge is 2.33. The van der Waals surface area contributed by atoms with Crippen LogP contribution in [-0.4, -0.2) is 42.8 Å². The summed E-state index contributed by atoms with van der Waals surface area (Å²) in [7, 11) is -3.76. The first-order chi connectivity index (χ1) is 9.71. The minimum absolute atomic E-state index is 0.0281. The van der Waals surface area contributed by atoms with Crippen molar-refractivity contribution < 1.29 is 13.3 Å². The van der Waals surface area contributed by atoms with Crippen LogP contribution in [0.4, 0.5) is 5.69 Å². The number of nitrogens with one attached hydrogen (secondary N) is 1. The lowest BCUT2D eigenvalue weighted by atomic mass is 10.2. The summed E-state index contributed by atoms with van der Waals surface area (Å²) < 4.78 is 26.6. The Bertz CT molecular complexity index is 654. The maximum atomic E-state index is 12.6. The topological polar surface area (TPSA) is 92.5 Å². The van der Waals surface area contributed by atoms with Crippen LogP contribution in [0, 0.1) is 10.1 Å². The summed E-state index contributed by atoms with van der Waals surface area (Å²) in [5.74, 6) is 0. The Morgan fingerprint density at radius 1 is 1.33 bits per heavy atom. The van der Waals surface area contributed by atoms with E-state index >= 15 is 0 Å². The normalized spacial score (nSPS) is 24.0. The number of hydrogen-bond acceptors (Lipinski definition) is 5. The third kappa shape index (κ3) is 3.34. The van der Waals surface area contributed by atoms with Gasteiger partial charge in [0.05, 0.1) is 9.95 Å². The van der Waals surface area contributed by atoms with Gasteiger partial charge in [0.25, 0.3) is 5.69 Å². The molecule has 1 aliphatic rings. The van der Waals surface area contributed by atoms with Gasteiger partial charge in [0, 0.05) is 37.3 Å². The third-order valence-corrected chi connectivity index (χ3v) is 5.58. The van der Waals surface area contributed by atoms with Gasteiger partial charge in [0.15, 0.2) is 0 Å². The van der Waals surface area contributed by atoms with Gasteiger partial charge in [-0.1, -0.05) is 11.6 Å². The number of nitrogens with zero attached hydrogens (tertiary/aromatic N) is 2. The van der Waals surface area contributed by atoms with Gasteiger partial charge in [0.1, 0.15) is 4.90 Å². The van der Waals surface area contributed by atoms with E-state index in [1.807, 2.05) is 13.8 Å². The number of hydrogen-bond donors (Lipinski definition) is 1. The van der Waals surface area contributed by atoms with Crippen molar-refractivity contribution in [1.29, 1.82) is 0 Å². The Morgan fingerprint density at radius 2 is 1.90 bits per heavy atom. The van der Waals surface area contributed by atoms with Gasteiger partial charge in [-0.05, 0) is 19.9 Å². The van der Waals surface area contributed by atoms with Crippen LogP contribution in [-0.2, 0) is 10.0 Å². The molecule has 21 heavy (non-hydrogen) atoms. The van der Waals surface area contributed by atoms with E-state index in [0.29, 0.717) is 13.1 Å². The fourth-order valence-electron chi connectivity index (χ4n) is 2.42. The summed E-state index contributed by atoms with van der Waals surface area (Å²) in [5.41, 5.74) is -0.235. The molecule has 0 aliphatic carbocycles. The van der Waals surface area contributed by atoms with E-state index in [-0.39, 0.29) is 27.7 Å². The second-order valence-electron chi connectivity index (χ2n) is 5.16. The van der Waals surface area contributed by atoms with E-state index in [2.05, 4.69) is 5.32 Å². The molecule has 0 amide bonds. The molecule has 1 heterocycles. The summed E-state index contributed by atoms with van der Waals surface area (Å²) in [6.45, 7) is 4.46. The van der Waals surface area contributed by atoms with Crippen LogP contribution in [0.5, 0.6) is 0 Å². The SMILES string of the molecule is CC1CN(S(=O)(=O)c2ccc([N+](=O)[O-])cc2Cl)CC(C)N1. The van der Waals surface area contributed by atoms with Crippen LogP contribution in [0.25, 0.3) is 0 Å². The van der Waals surface area contributed by atoms with E-state index in [1.54, 1.807) is 0 Å². The van der Waals surface area contributed by atoms with E-state index in [9.17, 15) is 18.5 Å².